The molecular formula is C30H44N2O4. The maximum absolute atomic E-state index is 9.77. The Kier molecular flexibility index (Phi) is 9.76. The van der Waals surface area contributed by atoms with Gasteiger partial charge in [0.1, 0.15) is 0 Å². The number of benzene rings is 2. The fourth-order valence-corrected chi connectivity index (χ4v) is 6.11. The van der Waals surface area contributed by atoms with Crippen LogP contribution in [0, 0.1) is 0 Å². The van der Waals surface area contributed by atoms with E-state index in [-0.39, 0.29) is 23.0 Å². The third-order valence-corrected chi connectivity index (χ3v) is 8.16. The number of likely N-dealkylation sites (tertiary alicyclic amines) is 2. The first-order valence-electron chi connectivity index (χ1n) is 14.0. The van der Waals surface area contributed by atoms with Crippen LogP contribution in [0.5, 0.6) is 23.0 Å². The van der Waals surface area contributed by atoms with Crippen molar-refractivity contribution in [3.05, 3.63) is 47.5 Å². The van der Waals surface area contributed by atoms with Crippen LogP contribution in [0.15, 0.2) is 36.4 Å². The maximum Gasteiger partial charge on any atom is 0.157 e. The van der Waals surface area contributed by atoms with E-state index < -0.39 is 0 Å². The van der Waals surface area contributed by atoms with Gasteiger partial charge in [-0.3, -0.25) is 0 Å². The van der Waals surface area contributed by atoms with Crippen molar-refractivity contribution in [1.29, 1.82) is 0 Å². The van der Waals surface area contributed by atoms with Crippen molar-refractivity contribution in [2.24, 2.45) is 0 Å². The van der Waals surface area contributed by atoms with E-state index in [9.17, 15) is 20.4 Å². The molecule has 2 aliphatic heterocycles. The summed E-state index contributed by atoms with van der Waals surface area (Å²) in [4.78, 5) is 5.23. The zero-order valence-electron chi connectivity index (χ0n) is 21.6. The number of nitrogens with zero attached hydrogens (tertiary/aromatic N) is 2. The molecule has 2 aromatic rings. The minimum absolute atomic E-state index is 0.0186. The molecule has 198 valence electrons. The van der Waals surface area contributed by atoms with Crippen LogP contribution < -0.4 is 0 Å². The summed E-state index contributed by atoms with van der Waals surface area (Å²) in [5.41, 5.74) is 2.20. The minimum atomic E-state index is -0.0440. The average Bonchev–Trinajstić information content (AvgIpc) is 3.49. The van der Waals surface area contributed by atoms with E-state index in [1.54, 1.807) is 24.3 Å². The van der Waals surface area contributed by atoms with Gasteiger partial charge < -0.3 is 30.2 Å². The molecule has 0 amide bonds. The van der Waals surface area contributed by atoms with Crippen molar-refractivity contribution in [2.45, 2.75) is 89.1 Å². The highest BCUT2D eigenvalue weighted by Crippen LogP contribution is 2.29. The van der Waals surface area contributed by atoms with Gasteiger partial charge in [-0.25, -0.2) is 0 Å². The summed E-state index contributed by atoms with van der Waals surface area (Å²) in [6.07, 6.45) is 14.5. The van der Waals surface area contributed by atoms with Crippen LogP contribution in [0.1, 0.15) is 75.3 Å². The molecule has 0 aliphatic carbocycles. The molecule has 2 heterocycles. The molecule has 2 atom stereocenters. The molecule has 2 saturated heterocycles. The van der Waals surface area contributed by atoms with Gasteiger partial charge in [0.15, 0.2) is 23.0 Å². The van der Waals surface area contributed by atoms with Crippen molar-refractivity contribution in [3.63, 3.8) is 0 Å². The number of hydrogen-bond donors (Lipinski definition) is 4. The molecule has 2 unspecified atom stereocenters. The van der Waals surface area contributed by atoms with E-state index in [1.807, 2.05) is 12.1 Å². The lowest BCUT2D eigenvalue weighted by molar-refractivity contribution is 0.242. The SMILES string of the molecule is Oc1ccc(CC2CCCN2CCCCCCCCN2CCCC2Cc2ccc(O)c(O)c2)cc1O. The first-order valence-corrected chi connectivity index (χ1v) is 14.0. The maximum atomic E-state index is 9.77. The highest BCUT2D eigenvalue weighted by molar-refractivity contribution is 5.41. The van der Waals surface area contributed by atoms with Gasteiger partial charge in [0.25, 0.3) is 0 Å². The Morgan fingerprint density at radius 3 is 1.39 bits per heavy atom. The number of hydrogen-bond acceptors (Lipinski definition) is 6. The van der Waals surface area contributed by atoms with Gasteiger partial charge in [-0.2, -0.15) is 0 Å². The third kappa shape index (κ3) is 7.53. The fraction of sp³-hybridized carbons (Fsp3) is 0.600. The van der Waals surface area contributed by atoms with Crippen molar-refractivity contribution >= 4 is 0 Å². The molecule has 2 fully saturated rings. The Morgan fingerprint density at radius 2 is 0.972 bits per heavy atom. The molecule has 0 saturated carbocycles. The zero-order valence-corrected chi connectivity index (χ0v) is 21.6. The number of aromatic hydroxyl groups is 4. The molecule has 0 spiro atoms. The lowest BCUT2D eigenvalue weighted by Gasteiger charge is -2.25. The molecule has 4 N–H and O–H groups in total. The number of phenolic OH excluding ortho intramolecular Hbond substituents is 4. The van der Waals surface area contributed by atoms with Gasteiger partial charge in [-0.15, -0.1) is 0 Å². The molecule has 4 rings (SSSR count). The van der Waals surface area contributed by atoms with Crippen molar-refractivity contribution in [3.8, 4) is 23.0 Å². The van der Waals surface area contributed by atoms with Crippen LogP contribution in [-0.2, 0) is 12.8 Å². The van der Waals surface area contributed by atoms with Crippen LogP contribution >= 0.6 is 0 Å². The summed E-state index contributed by atoms with van der Waals surface area (Å²) >= 11 is 0. The second-order valence-electron chi connectivity index (χ2n) is 10.8. The number of rotatable bonds is 13. The van der Waals surface area contributed by atoms with Gasteiger partial charge in [0, 0.05) is 12.1 Å². The van der Waals surface area contributed by atoms with E-state index in [1.165, 1.54) is 77.3 Å². The molecule has 6 heteroatoms. The molecule has 2 aliphatic rings. The van der Waals surface area contributed by atoms with Gasteiger partial charge in [0.2, 0.25) is 0 Å². The first kappa shape index (κ1) is 26.6. The van der Waals surface area contributed by atoms with E-state index >= 15 is 0 Å². The quantitative estimate of drug-likeness (QED) is 0.214. The lowest BCUT2D eigenvalue weighted by atomic mass is 10.0. The normalized spacial score (nSPS) is 20.9. The Labute approximate surface area is 216 Å². The largest absolute Gasteiger partial charge is 0.504 e. The summed E-state index contributed by atoms with van der Waals surface area (Å²) in [6, 6.07) is 11.5. The molecule has 0 bridgehead atoms. The fourth-order valence-electron chi connectivity index (χ4n) is 6.11. The average molecular weight is 497 g/mol. The lowest BCUT2D eigenvalue weighted by Crippen LogP contribution is -2.32. The molecule has 0 radical (unpaired) electrons. The Morgan fingerprint density at radius 1 is 0.556 bits per heavy atom. The highest BCUT2D eigenvalue weighted by Gasteiger charge is 2.25. The van der Waals surface area contributed by atoms with Crippen LogP contribution in [0.3, 0.4) is 0 Å². The van der Waals surface area contributed by atoms with Gasteiger partial charge in [0.05, 0.1) is 0 Å². The van der Waals surface area contributed by atoms with E-state index in [2.05, 4.69) is 9.80 Å². The first-order chi connectivity index (χ1) is 17.5. The summed E-state index contributed by atoms with van der Waals surface area (Å²) in [5, 5.41) is 38.6. The highest BCUT2D eigenvalue weighted by atomic mass is 16.3. The van der Waals surface area contributed by atoms with E-state index in [0.717, 1.165) is 37.1 Å². The second-order valence-corrected chi connectivity index (χ2v) is 10.8. The van der Waals surface area contributed by atoms with Crippen molar-refractivity contribution < 1.29 is 20.4 Å². The summed E-state index contributed by atoms with van der Waals surface area (Å²) in [7, 11) is 0. The standard InChI is InChI=1S/C30H44N2O4/c33-27-13-11-23(21-29(27)35)19-25-9-7-17-31(25)15-5-3-1-2-4-6-16-32-18-8-10-26(32)20-24-12-14-28(34)30(36)22-24/h11-14,21-22,25-26,33-36H,1-10,15-20H2. The van der Waals surface area contributed by atoms with E-state index in [4.69, 9.17) is 0 Å². The number of unbranched alkanes of at least 4 members (excludes halogenated alkanes) is 5. The Hall–Kier alpha value is -2.44. The zero-order chi connectivity index (χ0) is 25.3. The molecule has 36 heavy (non-hydrogen) atoms. The van der Waals surface area contributed by atoms with Crippen LogP contribution in [-0.4, -0.2) is 68.5 Å². The van der Waals surface area contributed by atoms with Crippen molar-refractivity contribution in [2.75, 3.05) is 26.2 Å². The predicted molar refractivity (Wildman–Crippen MR) is 144 cm³/mol. The summed E-state index contributed by atoms with van der Waals surface area (Å²) < 4.78 is 0. The van der Waals surface area contributed by atoms with Gasteiger partial charge in [-0.05, 0) is 113 Å². The molecule has 0 aromatic heterocycles. The van der Waals surface area contributed by atoms with E-state index in [0.29, 0.717) is 12.1 Å². The minimum Gasteiger partial charge on any atom is -0.504 e. The van der Waals surface area contributed by atoms with Crippen LogP contribution in [0.4, 0.5) is 0 Å². The molecular weight excluding hydrogens is 452 g/mol. The monoisotopic (exact) mass is 496 g/mol. The molecule has 2 aromatic carbocycles. The van der Waals surface area contributed by atoms with Crippen LogP contribution in [0.2, 0.25) is 0 Å². The summed E-state index contributed by atoms with van der Waals surface area (Å²) in [6.45, 7) is 4.68. The Bertz CT molecular complexity index is 888. The second kappa shape index (κ2) is 13.2. The smallest absolute Gasteiger partial charge is 0.157 e. The topological polar surface area (TPSA) is 87.4 Å². The predicted octanol–water partition coefficient (Wildman–Crippen LogP) is 5.56. The van der Waals surface area contributed by atoms with Crippen molar-refractivity contribution in [1.82, 2.24) is 9.80 Å². The Balaban J connectivity index is 1.07. The van der Waals surface area contributed by atoms with Gasteiger partial charge in [-0.1, -0.05) is 37.8 Å². The number of phenols is 4. The third-order valence-electron chi connectivity index (χ3n) is 8.16. The van der Waals surface area contributed by atoms with Gasteiger partial charge >= 0.3 is 0 Å². The summed E-state index contributed by atoms with van der Waals surface area (Å²) in [5.74, 6) is -0.125. The van der Waals surface area contributed by atoms with Crippen LogP contribution in [0.25, 0.3) is 0 Å². The molecule has 6 nitrogen and oxygen atoms in total.